The van der Waals surface area contributed by atoms with Gasteiger partial charge in [-0.1, -0.05) is 29.8 Å². The molecular weight excluding hydrogens is 640 g/mol. The molecule has 0 saturated heterocycles. The summed E-state index contributed by atoms with van der Waals surface area (Å²) in [5.74, 6) is 0.534. The van der Waals surface area contributed by atoms with E-state index in [1.807, 2.05) is 18.2 Å². The molecule has 2 aliphatic carbocycles. The van der Waals surface area contributed by atoms with Crippen LogP contribution in [0.4, 0.5) is 10.5 Å². The molecule has 2 aliphatic heterocycles. The smallest absolute Gasteiger partial charge is 0.329 e. The minimum atomic E-state index is -3.79. The molecule has 47 heavy (non-hydrogen) atoms. The Hall–Kier alpha value is -3.12. The number of fused-ring (bicyclic) bond motifs is 4. The molecule has 5 atom stereocenters. The first-order valence-electron chi connectivity index (χ1n) is 16.3. The molecule has 2 bridgehead atoms. The molecule has 1 N–H and O–H groups in total. The minimum Gasteiger partial charge on any atom is -0.490 e. The number of amides is 3. The quantitative estimate of drug-likeness (QED) is 0.401. The second-order valence-corrected chi connectivity index (χ2v) is 16.3. The second-order valence-electron chi connectivity index (χ2n) is 13.9. The maximum absolute atomic E-state index is 14.7. The van der Waals surface area contributed by atoms with E-state index < -0.39 is 27.5 Å². The predicted molar refractivity (Wildman–Crippen MR) is 182 cm³/mol. The number of ether oxygens (including phenoxy) is 3. The van der Waals surface area contributed by atoms with Crippen molar-refractivity contribution in [3.05, 3.63) is 64.7 Å². The van der Waals surface area contributed by atoms with Crippen LogP contribution < -0.4 is 14.4 Å². The van der Waals surface area contributed by atoms with E-state index in [0.717, 1.165) is 49.4 Å². The SMILES string of the molecule is CO[C@H]1/C=C\COC(C)(C)C(=O)N=S(=O)(NC(=O)N(C)C)c2ccc3c(c2)N(C[C@@H]2CC[C@H]21)C[C@@]1(CCCc2cc(Cl)ccc21)CO3. The first kappa shape index (κ1) is 33.8. The summed E-state index contributed by atoms with van der Waals surface area (Å²) in [6, 6.07) is 10.7. The van der Waals surface area contributed by atoms with Gasteiger partial charge in [0.15, 0.2) is 9.92 Å². The van der Waals surface area contributed by atoms with E-state index in [9.17, 15) is 13.8 Å². The number of benzene rings is 2. The van der Waals surface area contributed by atoms with Crippen LogP contribution in [0, 0.1) is 11.8 Å². The monoisotopic (exact) mass is 684 g/mol. The number of nitrogens with zero attached hydrogens (tertiary/aromatic N) is 3. The Labute approximate surface area is 283 Å². The van der Waals surface area contributed by atoms with Gasteiger partial charge in [0, 0.05) is 44.7 Å². The number of methoxy groups -OCH3 is 1. The Balaban J connectivity index is 1.51. The van der Waals surface area contributed by atoms with Crippen LogP contribution in [-0.2, 0) is 36.0 Å². The van der Waals surface area contributed by atoms with Crippen molar-refractivity contribution in [3.8, 4) is 5.75 Å². The van der Waals surface area contributed by atoms with Gasteiger partial charge in [0.1, 0.15) is 11.4 Å². The molecule has 3 amide bonds. The summed E-state index contributed by atoms with van der Waals surface area (Å²) < 4.78 is 40.0. The van der Waals surface area contributed by atoms with Crippen LogP contribution in [0.25, 0.3) is 0 Å². The number of rotatable bonds is 2. The minimum absolute atomic E-state index is 0.103. The molecule has 1 saturated carbocycles. The number of carbonyl (C=O) groups is 2. The highest BCUT2D eigenvalue weighted by Gasteiger charge is 2.44. The fraction of sp³-hybridized carbons (Fsp3) is 0.543. The Morgan fingerprint density at radius 1 is 1.19 bits per heavy atom. The zero-order valence-electron chi connectivity index (χ0n) is 27.8. The molecule has 2 aromatic rings. The van der Waals surface area contributed by atoms with E-state index >= 15 is 0 Å². The fourth-order valence-corrected chi connectivity index (χ4v) is 9.14. The van der Waals surface area contributed by atoms with Gasteiger partial charge in [0.2, 0.25) is 0 Å². The molecular formula is C35H45ClN4O6S. The summed E-state index contributed by atoms with van der Waals surface area (Å²) in [4.78, 5) is 30.4. The number of urea groups is 1. The van der Waals surface area contributed by atoms with E-state index in [1.54, 1.807) is 53.3 Å². The molecule has 10 nitrogen and oxygen atoms in total. The normalized spacial score (nSPS) is 30.8. The first-order chi connectivity index (χ1) is 22.3. The molecule has 1 spiro atoms. The standard InChI is InChI=1S/C35H45ClN4O6S/c1-34(2)32(41)37-47(43,38-33(42)39(3)4)26-12-15-31-29(19-26)40(20-24-10-13-27(24)30(44-5)9-7-17-46-34)21-35(22-45-31)16-6-8-23-18-25(36)11-14-28(23)35/h7,9,11-12,14-15,18-19,24,27,30H,6,8,10,13,16-17,20-22H2,1-5H3,(H,37,38,41,42,43)/b9-7-/t24-,27+,30-,35-,47?/m0/s1. The van der Waals surface area contributed by atoms with E-state index in [0.29, 0.717) is 30.7 Å². The van der Waals surface area contributed by atoms with Crippen LogP contribution in [0.3, 0.4) is 0 Å². The third-order valence-corrected chi connectivity index (χ3v) is 12.2. The number of halogens is 1. The zero-order valence-corrected chi connectivity index (χ0v) is 29.4. The molecule has 6 rings (SSSR count). The van der Waals surface area contributed by atoms with Crippen LogP contribution in [-0.4, -0.2) is 80.3 Å². The summed E-state index contributed by atoms with van der Waals surface area (Å²) >= 11 is 6.44. The molecule has 0 radical (unpaired) electrons. The van der Waals surface area contributed by atoms with Crippen molar-refractivity contribution >= 4 is 39.1 Å². The van der Waals surface area contributed by atoms with E-state index in [1.165, 1.54) is 16.0 Å². The van der Waals surface area contributed by atoms with E-state index in [2.05, 4.69) is 26.1 Å². The zero-order chi connectivity index (χ0) is 33.6. The van der Waals surface area contributed by atoms with Crippen molar-refractivity contribution in [3.63, 3.8) is 0 Å². The molecule has 1 fully saturated rings. The van der Waals surface area contributed by atoms with Crippen LogP contribution in [0.1, 0.15) is 50.7 Å². The number of hydrogen-bond donors (Lipinski definition) is 1. The van der Waals surface area contributed by atoms with Gasteiger partial charge in [0.05, 0.1) is 29.9 Å². The van der Waals surface area contributed by atoms with Crippen molar-refractivity contribution < 1.29 is 28.0 Å². The van der Waals surface area contributed by atoms with Crippen LogP contribution in [0.15, 0.2) is 57.8 Å². The van der Waals surface area contributed by atoms with Gasteiger partial charge < -0.3 is 24.0 Å². The molecule has 254 valence electrons. The predicted octanol–water partition coefficient (Wildman–Crippen LogP) is 5.76. The van der Waals surface area contributed by atoms with Gasteiger partial charge >= 0.3 is 6.03 Å². The lowest BCUT2D eigenvalue weighted by atomic mass is 9.68. The number of carbonyl (C=O) groups excluding carboxylic acids is 2. The Morgan fingerprint density at radius 3 is 2.72 bits per heavy atom. The molecule has 0 aromatic heterocycles. The van der Waals surface area contributed by atoms with Gasteiger partial charge in [-0.3, -0.25) is 4.79 Å². The van der Waals surface area contributed by atoms with E-state index in [-0.39, 0.29) is 23.0 Å². The maximum Gasteiger partial charge on any atom is 0.329 e. The number of aryl methyl sites for hydroxylation is 1. The third kappa shape index (κ3) is 6.64. The van der Waals surface area contributed by atoms with Crippen molar-refractivity contribution in [2.24, 2.45) is 16.2 Å². The molecule has 2 aromatic carbocycles. The summed E-state index contributed by atoms with van der Waals surface area (Å²) in [7, 11) is 1.03. The Morgan fingerprint density at radius 2 is 2.00 bits per heavy atom. The van der Waals surface area contributed by atoms with Crippen LogP contribution >= 0.6 is 11.6 Å². The third-order valence-electron chi connectivity index (χ3n) is 10.2. The second kappa shape index (κ2) is 13.1. The van der Waals surface area contributed by atoms with Crippen LogP contribution in [0.2, 0.25) is 5.02 Å². The average Bonchev–Trinajstić information content (AvgIpc) is 3.16. The molecule has 12 heteroatoms. The lowest BCUT2D eigenvalue weighted by molar-refractivity contribution is -0.137. The topological polar surface area (TPSA) is 110 Å². The molecule has 1 unspecified atom stereocenters. The van der Waals surface area contributed by atoms with Gasteiger partial charge in [-0.15, -0.1) is 4.36 Å². The molecule has 2 heterocycles. The Kier molecular flexibility index (Phi) is 9.38. The molecule has 4 aliphatic rings. The number of hydrogen-bond acceptors (Lipinski definition) is 7. The highest BCUT2D eigenvalue weighted by atomic mass is 35.5. The van der Waals surface area contributed by atoms with Crippen molar-refractivity contribution in [2.45, 2.75) is 68.0 Å². The summed E-state index contributed by atoms with van der Waals surface area (Å²) in [6.07, 6.45) is 8.79. The summed E-state index contributed by atoms with van der Waals surface area (Å²) in [5, 5.41) is 0.727. The van der Waals surface area contributed by atoms with Crippen molar-refractivity contribution in [1.82, 2.24) is 9.62 Å². The first-order valence-corrected chi connectivity index (χ1v) is 18.2. The van der Waals surface area contributed by atoms with E-state index in [4.69, 9.17) is 25.8 Å². The Bertz CT molecular complexity index is 1700. The largest absolute Gasteiger partial charge is 0.490 e. The van der Waals surface area contributed by atoms with Gasteiger partial charge in [-0.25, -0.2) is 13.7 Å². The lowest BCUT2D eigenvalue weighted by Gasteiger charge is -2.46. The number of anilines is 1. The van der Waals surface area contributed by atoms with Gasteiger partial charge in [-0.05, 0) is 99.2 Å². The van der Waals surface area contributed by atoms with Crippen LogP contribution in [0.5, 0.6) is 5.75 Å². The number of nitrogens with one attached hydrogen (secondary N) is 1. The van der Waals surface area contributed by atoms with Crippen molar-refractivity contribution in [2.75, 3.05) is 52.4 Å². The fourth-order valence-electron chi connectivity index (χ4n) is 7.28. The highest BCUT2D eigenvalue weighted by molar-refractivity contribution is 7.92. The maximum atomic E-state index is 14.7. The summed E-state index contributed by atoms with van der Waals surface area (Å²) in [5.41, 5.74) is 1.56. The average molecular weight is 685 g/mol. The van der Waals surface area contributed by atoms with Gasteiger partial charge in [-0.2, -0.15) is 0 Å². The summed E-state index contributed by atoms with van der Waals surface area (Å²) in [6.45, 7) is 5.19. The lowest BCUT2D eigenvalue weighted by Crippen LogP contribution is -2.49. The van der Waals surface area contributed by atoms with Crippen molar-refractivity contribution in [1.29, 1.82) is 0 Å². The van der Waals surface area contributed by atoms with Gasteiger partial charge in [0.25, 0.3) is 5.91 Å². The highest BCUT2D eigenvalue weighted by Crippen LogP contribution is 2.47.